The number of carbonyl (C=O) groups is 1. The predicted octanol–water partition coefficient (Wildman–Crippen LogP) is 2.62. The first-order chi connectivity index (χ1) is 12.9. The van der Waals surface area contributed by atoms with E-state index in [1.165, 1.54) is 22.0 Å². The van der Waals surface area contributed by atoms with E-state index in [2.05, 4.69) is 5.32 Å². The molecule has 144 valence electrons. The van der Waals surface area contributed by atoms with Crippen LogP contribution in [0.4, 0.5) is 5.69 Å². The Bertz CT molecular complexity index is 917. The van der Waals surface area contributed by atoms with Crippen LogP contribution in [-0.4, -0.2) is 51.4 Å². The van der Waals surface area contributed by atoms with Gasteiger partial charge in [0.05, 0.1) is 24.7 Å². The number of ether oxygens (including phenoxy) is 1. The summed E-state index contributed by atoms with van der Waals surface area (Å²) in [5.74, 6) is -0.0939. The highest BCUT2D eigenvalue weighted by molar-refractivity contribution is 7.89. The predicted molar refractivity (Wildman–Crippen MR) is 105 cm³/mol. The average molecular weight is 388 g/mol. The Morgan fingerprint density at radius 3 is 2.33 bits per heavy atom. The molecule has 0 bridgehead atoms. The minimum Gasteiger partial charge on any atom is -0.379 e. The molecule has 0 atom stereocenters. The highest BCUT2D eigenvalue weighted by Crippen LogP contribution is 2.18. The van der Waals surface area contributed by atoms with Gasteiger partial charge in [-0.3, -0.25) is 4.79 Å². The standard InChI is InChI=1S/C20H24N2O4S/c1-15-3-6-18(13-16(15)2)21-14-20(23)17-4-7-19(8-5-17)27(24,25)22-9-11-26-12-10-22/h3-8,13,21H,9-12,14H2,1-2H3. The fraction of sp³-hybridized carbons (Fsp3) is 0.350. The minimum atomic E-state index is -3.54. The molecule has 1 heterocycles. The van der Waals surface area contributed by atoms with Gasteiger partial charge in [-0.25, -0.2) is 8.42 Å². The zero-order chi connectivity index (χ0) is 19.4. The molecular formula is C20H24N2O4S. The van der Waals surface area contributed by atoms with Crippen LogP contribution in [0.25, 0.3) is 0 Å². The van der Waals surface area contributed by atoms with Gasteiger partial charge in [-0.05, 0) is 61.4 Å². The Morgan fingerprint density at radius 1 is 1.04 bits per heavy atom. The van der Waals surface area contributed by atoms with Gasteiger partial charge in [0.25, 0.3) is 0 Å². The number of hydrogen-bond acceptors (Lipinski definition) is 5. The normalized spacial score (nSPS) is 15.5. The first-order valence-electron chi connectivity index (χ1n) is 8.90. The summed E-state index contributed by atoms with van der Waals surface area (Å²) in [6, 6.07) is 12.1. The lowest BCUT2D eigenvalue weighted by Crippen LogP contribution is -2.40. The topological polar surface area (TPSA) is 75.7 Å². The maximum absolute atomic E-state index is 12.6. The molecule has 1 N–H and O–H groups in total. The summed E-state index contributed by atoms with van der Waals surface area (Å²) in [5, 5.41) is 3.12. The van der Waals surface area contributed by atoms with Crippen LogP contribution >= 0.6 is 0 Å². The summed E-state index contributed by atoms with van der Waals surface area (Å²) >= 11 is 0. The lowest BCUT2D eigenvalue weighted by molar-refractivity contribution is 0.0730. The summed E-state index contributed by atoms with van der Waals surface area (Å²) in [6.07, 6.45) is 0. The summed E-state index contributed by atoms with van der Waals surface area (Å²) in [4.78, 5) is 12.6. The molecule has 0 amide bonds. The van der Waals surface area contributed by atoms with Crippen molar-refractivity contribution in [1.29, 1.82) is 0 Å². The van der Waals surface area contributed by atoms with Crippen LogP contribution in [0.1, 0.15) is 21.5 Å². The van der Waals surface area contributed by atoms with Crippen LogP contribution in [0.5, 0.6) is 0 Å². The molecule has 1 saturated heterocycles. The van der Waals surface area contributed by atoms with E-state index in [1.807, 2.05) is 32.0 Å². The first kappa shape index (κ1) is 19.5. The van der Waals surface area contributed by atoms with Gasteiger partial charge in [0, 0.05) is 24.3 Å². The summed E-state index contributed by atoms with van der Waals surface area (Å²) in [6.45, 7) is 5.72. The molecule has 6 nitrogen and oxygen atoms in total. The quantitative estimate of drug-likeness (QED) is 0.770. The molecule has 0 aromatic heterocycles. The number of sulfonamides is 1. The van der Waals surface area contributed by atoms with Gasteiger partial charge in [-0.1, -0.05) is 6.07 Å². The van der Waals surface area contributed by atoms with Crippen LogP contribution in [0.15, 0.2) is 47.4 Å². The fourth-order valence-electron chi connectivity index (χ4n) is 2.88. The molecule has 3 rings (SSSR count). The zero-order valence-corrected chi connectivity index (χ0v) is 16.4. The SMILES string of the molecule is Cc1ccc(NCC(=O)c2ccc(S(=O)(=O)N3CCOCC3)cc2)cc1C. The molecule has 1 aliphatic heterocycles. The van der Waals surface area contributed by atoms with Crippen molar-refractivity contribution in [2.75, 3.05) is 38.2 Å². The van der Waals surface area contributed by atoms with E-state index in [9.17, 15) is 13.2 Å². The number of nitrogens with one attached hydrogen (secondary N) is 1. The Hall–Kier alpha value is -2.22. The van der Waals surface area contributed by atoms with Gasteiger partial charge in [-0.2, -0.15) is 4.31 Å². The molecule has 0 saturated carbocycles. The third kappa shape index (κ3) is 4.55. The maximum atomic E-state index is 12.6. The number of ketones is 1. The number of Topliss-reactive ketones (excluding diaryl/α,β-unsaturated/α-hetero) is 1. The Labute approximate surface area is 160 Å². The second-order valence-electron chi connectivity index (χ2n) is 6.62. The highest BCUT2D eigenvalue weighted by atomic mass is 32.2. The Morgan fingerprint density at radius 2 is 1.70 bits per heavy atom. The molecule has 2 aromatic rings. The van der Waals surface area contributed by atoms with Gasteiger partial charge in [-0.15, -0.1) is 0 Å². The molecule has 27 heavy (non-hydrogen) atoms. The van der Waals surface area contributed by atoms with Gasteiger partial charge >= 0.3 is 0 Å². The van der Waals surface area contributed by atoms with E-state index >= 15 is 0 Å². The van der Waals surface area contributed by atoms with Crippen molar-refractivity contribution in [3.8, 4) is 0 Å². The lowest BCUT2D eigenvalue weighted by Gasteiger charge is -2.26. The zero-order valence-electron chi connectivity index (χ0n) is 15.6. The van der Waals surface area contributed by atoms with Crippen molar-refractivity contribution in [1.82, 2.24) is 4.31 Å². The van der Waals surface area contributed by atoms with Crippen LogP contribution in [-0.2, 0) is 14.8 Å². The van der Waals surface area contributed by atoms with Crippen molar-refractivity contribution in [2.24, 2.45) is 0 Å². The monoisotopic (exact) mass is 388 g/mol. The average Bonchev–Trinajstić information content (AvgIpc) is 2.69. The highest BCUT2D eigenvalue weighted by Gasteiger charge is 2.26. The Kier molecular flexibility index (Phi) is 5.94. The molecule has 1 fully saturated rings. The molecule has 2 aromatic carbocycles. The van der Waals surface area contributed by atoms with Crippen LogP contribution in [0.3, 0.4) is 0 Å². The third-order valence-electron chi connectivity index (χ3n) is 4.74. The molecule has 0 unspecified atom stereocenters. The second-order valence-corrected chi connectivity index (χ2v) is 8.55. The van der Waals surface area contributed by atoms with E-state index in [0.29, 0.717) is 31.9 Å². The number of morpholine rings is 1. The van der Waals surface area contributed by atoms with E-state index in [-0.39, 0.29) is 17.2 Å². The van der Waals surface area contributed by atoms with Crippen molar-refractivity contribution in [3.05, 3.63) is 59.2 Å². The smallest absolute Gasteiger partial charge is 0.243 e. The fourth-order valence-corrected chi connectivity index (χ4v) is 4.29. The van der Waals surface area contributed by atoms with Crippen molar-refractivity contribution in [2.45, 2.75) is 18.7 Å². The van der Waals surface area contributed by atoms with Gasteiger partial charge in [0.1, 0.15) is 0 Å². The van der Waals surface area contributed by atoms with Gasteiger partial charge in [0.2, 0.25) is 10.0 Å². The molecule has 1 aliphatic rings. The number of nitrogens with zero attached hydrogens (tertiary/aromatic N) is 1. The number of rotatable bonds is 6. The van der Waals surface area contributed by atoms with Crippen molar-refractivity contribution >= 4 is 21.5 Å². The van der Waals surface area contributed by atoms with E-state index in [1.54, 1.807) is 12.1 Å². The molecule has 7 heteroatoms. The lowest BCUT2D eigenvalue weighted by atomic mass is 10.1. The summed E-state index contributed by atoms with van der Waals surface area (Å²) < 4.78 is 31.8. The maximum Gasteiger partial charge on any atom is 0.243 e. The summed E-state index contributed by atoms with van der Waals surface area (Å²) in [5.41, 5.74) is 3.72. The number of benzene rings is 2. The van der Waals surface area contributed by atoms with E-state index in [0.717, 1.165) is 11.3 Å². The molecule has 0 aliphatic carbocycles. The molecular weight excluding hydrogens is 364 g/mol. The van der Waals surface area contributed by atoms with Crippen LogP contribution in [0.2, 0.25) is 0 Å². The van der Waals surface area contributed by atoms with Gasteiger partial charge < -0.3 is 10.1 Å². The number of anilines is 1. The number of carbonyl (C=O) groups excluding carboxylic acids is 1. The second kappa shape index (κ2) is 8.21. The summed E-state index contributed by atoms with van der Waals surface area (Å²) in [7, 11) is -3.54. The number of hydrogen-bond donors (Lipinski definition) is 1. The Balaban J connectivity index is 1.65. The van der Waals surface area contributed by atoms with Gasteiger partial charge in [0.15, 0.2) is 5.78 Å². The first-order valence-corrected chi connectivity index (χ1v) is 10.3. The van der Waals surface area contributed by atoms with Crippen molar-refractivity contribution in [3.63, 3.8) is 0 Å². The minimum absolute atomic E-state index is 0.0939. The molecule has 0 radical (unpaired) electrons. The molecule has 0 spiro atoms. The van der Waals surface area contributed by atoms with E-state index < -0.39 is 10.0 Å². The third-order valence-corrected chi connectivity index (χ3v) is 6.66. The van der Waals surface area contributed by atoms with Crippen LogP contribution < -0.4 is 5.32 Å². The number of aryl methyl sites for hydroxylation is 2. The van der Waals surface area contributed by atoms with E-state index in [4.69, 9.17) is 4.74 Å². The van der Waals surface area contributed by atoms with Crippen molar-refractivity contribution < 1.29 is 17.9 Å². The largest absolute Gasteiger partial charge is 0.379 e. The van der Waals surface area contributed by atoms with Crippen LogP contribution in [0, 0.1) is 13.8 Å².